The number of methoxy groups -OCH3 is 1. The first-order chi connectivity index (χ1) is 13.8. The second-order valence-electron chi connectivity index (χ2n) is 6.81. The van der Waals surface area contributed by atoms with Crippen LogP contribution in [0, 0.1) is 0 Å². The number of hydrogen-bond donors (Lipinski definition) is 1. The van der Waals surface area contributed by atoms with Gasteiger partial charge in [-0.2, -0.15) is 0 Å². The van der Waals surface area contributed by atoms with Gasteiger partial charge in [0, 0.05) is 18.3 Å². The highest BCUT2D eigenvalue weighted by atomic mass is 32.1. The third-order valence-electron chi connectivity index (χ3n) is 4.98. The van der Waals surface area contributed by atoms with Crippen LogP contribution in [-0.2, 0) is 11.3 Å². The topological polar surface area (TPSA) is 40.2 Å². The highest BCUT2D eigenvalue weighted by molar-refractivity contribution is 7.14. The van der Waals surface area contributed by atoms with Gasteiger partial charge in [0.1, 0.15) is 18.8 Å². The van der Waals surface area contributed by atoms with Crippen molar-refractivity contribution in [2.45, 2.75) is 13.0 Å². The van der Waals surface area contributed by atoms with Gasteiger partial charge in [-0.1, -0.05) is 6.07 Å². The van der Waals surface area contributed by atoms with Crippen LogP contribution in [0.1, 0.15) is 6.42 Å². The molecule has 148 valence electrons. The summed E-state index contributed by atoms with van der Waals surface area (Å²) >= 11 is 3.49. The van der Waals surface area contributed by atoms with E-state index in [9.17, 15) is 0 Å². The Bertz CT molecular complexity index is 923. The van der Waals surface area contributed by atoms with Gasteiger partial charge in [-0.25, -0.2) is 4.99 Å². The molecule has 0 radical (unpaired) electrons. The second kappa shape index (κ2) is 9.52. The van der Waals surface area contributed by atoms with Gasteiger partial charge < -0.3 is 18.9 Å². The summed E-state index contributed by atoms with van der Waals surface area (Å²) in [5, 5.41) is 4.37. The lowest BCUT2D eigenvalue weighted by Crippen LogP contribution is -3.14. The van der Waals surface area contributed by atoms with Crippen LogP contribution in [-0.4, -0.2) is 44.5 Å². The van der Waals surface area contributed by atoms with E-state index in [1.807, 2.05) is 24.3 Å². The summed E-state index contributed by atoms with van der Waals surface area (Å²) in [5.74, 6) is 0.853. The summed E-state index contributed by atoms with van der Waals surface area (Å²) in [6, 6.07) is 12.2. The van der Waals surface area contributed by atoms with Crippen molar-refractivity contribution in [2.75, 3.05) is 40.0 Å². The van der Waals surface area contributed by atoms with E-state index >= 15 is 0 Å². The number of quaternary nitrogens is 1. The van der Waals surface area contributed by atoms with Crippen molar-refractivity contribution in [3.63, 3.8) is 0 Å². The first-order valence-electron chi connectivity index (χ1n) is 9.66. The number of hydrogen-bond acceptors (Lipinski definition) is 5. The Hall–Kier alpha value is -1.93. The van der Waals surface area contributed by atoms with Gasteiger partial charge in [-0.15, -0.1) is 22.7 Å². The van der Waals surface area contributed by atoms with Crippen molar-refractivity contribution in [3.05, 3.63) is 52.0 Å². The molecule has 0 amide bonds. The Morgan fingerprint density at radius 1 is 1.14 bits per heavy atom. The molecule has 0 bridgehead atoms. The van der Waals surface area contributed by atoms with Gasteiger partial charge in [0.15, 0.2) is 4.80 Å². The second-order valence-corrected chi connectivity index (χ2v) is 8.59. The normalized spacial score (nSPS) is 15.8. The monoisotopic (exact) mass is 416 g/mol. The summed E-state index contributed by atoms with van der Waals surface area (Å²) in [5.41, 5.74) is 2.22. The number of aromatic nitrogens is 1. The molecule has 0 saturated carbocycles. The van der Waals surface area contributed by atoms with Crippen LogP contribution < -0.4 is 14.4 Å². The lowest BCUT2D eigenvalue weighted by Gasteiger charge is -2.23. The molecular weight excluding hydrogens is 390 g/mol. The number of thiophene rings is 1. The van der Waals surface area contributed by atoms with Crippen molar-refractivity contribution < 1.29 is 14.4 Å². The highest BCUT2D eigenvalue weighted by Gasteiger charge is 2.14. The molecule has 5 nitrogen and oxygen atoms in total. The van der Waals surface area contributed by atoms with Crippen molar-refractivity contribution >= 4 is 28.4 Å². The quantitative estimate of drug-likeness (QED) is 0.643. The van der Waals surface area contributed by atoms with Gasteiger partial charge in [0.25, 0.3) is 0 Å². The standard InChI is InChI=1S/C21H25N3O2S2/c1-25-18-7-5-17(6-8-18)22-21-24(10-3-9-23-11-13-26-14-12-23)19(16-28-21)20-4-2-15-27-20/h2,4-8,15-16H,3,9-14H2,1H3/p+1. The molecule has 1 saturated heterocycles. The van der Waals surface area contributed by atoms with Crippen LogP contribution in [0.15, 0.2) is 52.2 Å². The van der Waals surface area contributed by atoms with E-state index in [-0.39, 0.29) is 0 Å². The number of benzene rings is 1. The lowest BCUT2D eigenvalue weighted by molar-refractivity contribution is -0.908. The van der Waals surface area contributed by atoms with E-state index in [1.165, 1.54) is 17.1 Å². The minimum Gasteiger partial charge on any atom is -0.497 e. The minimum absolute atomic E-state index is 0.853. The van der Waals surface area contributed by atoms with Crippen LogP contribution in [0.25, 0.3) is 10.6 Å². The van der Waals surface area contributed by atoms with E-state index < -0.39 is 0 Å². The maximum atomic E-state index is 5.48. The fraction of sp³-hybridized carbons (Fsp3) is 0.381. The maximum Gasteiger partial charge on any atom is 0.190 e. The molecule has 0 spiro atoms. The van der Waals surface area contributed by atoms with Crippen LogP contribution in [0.4, 0.5) is 5.69 Å². The van der Waals surface area contributed by atoms with E-state index in [1.54, 1.807) is 34.7 Å². The molecule has 4 rings (SSSR count). The number of thiazole rings is 1. The van der Waals surface area contributed by atoms with Crippen LogP contribution >= 0.6 is 22.7 Å². The smallest absolute Gasteiger partial charge is 0.190 e. The molecule has 1 aromatic carbocycles. The third-order valence-corrected chi connectivity index (χ3v) is 6.74. The molecule has 1 fully saturated rings. The number of ether oxygens (including phenoxy) is 2. The summed E-state index contributed by atoms with van der Waals surface area (Å²) in [6.07, 6.45) is 1.14. The molecule has 1 N–H and O–H groups in total. The van der Waals surface area contributed by atoms with Crippen LogP contribution in [0.3, 0.4) is 0 Å². The van der Waals surface area contributed by atoms with Gasteiger partial charge in [0.2, 0.25) is 0 Å². The number of nitrogens with zero attached hydrogens (tertiary/aromatic N) is 2. The van der Waals surface area contributed by atoms with Gasteiger partial charge in [-0.3, -0.25) is 0 Å². The van der Waals surface area contributed by atoms with E-state index in [2.05, 4.69) is 27.5 Å². The zero-order valence-electron chi connectivity index (χ0n) is 16.1. The Kier molecular flexibility index (Phi) is 6.59. The third kappa shape index (κ3) is 4.72. The Morgan fingerprint density at radius 3 is 2.68 bits per heavy atom. The molecule has 3 aromatic rings. The SMILES string of the molecule is COc1ccc(N=c2scc(-c3cccs3)n2CCC[NH+]2CCOCC2)cc1. The van der Waals surface area contributed by atoms with Crippen molar-refractivity contribution in [1.29, 1.82) is 0 Å². The Labute approximate surface area is 173 Å². The summed E-state index contributed by atoms with van der Waals surface area (Å²) < 4.78 is 13.1. The maximum absolute atomic E-state index is 5.48. The number of rotatable bonds is 7. The zero-order chi connectivity index (χ0) is 19.2. The van der Waals surface area contributed by atoms with E-state index in [0.29, 0.717) is 0 Å². The van der Waals surface area contributed by atoms with E-state index in [0.717, 1.165) is 55.5 Å². The minimum atomic E-state index is 0.853. The molecule has 0 unspecified atom stereocenters. The van der Waals surface area contributed by atoms with Crippen LogP contribution in [0.5, 0.6) is 5.75 Å². The predicted octanol–water partition coefficient (Wildman–Crippen LogP) is 2.82. The average Bonchev–Trinajstić information content (AvgIpc) is 3.40. The molecule has 1 aliphatic heterocycles. The van der Waals surface area contributed by atoms with Crippen molar-refractivity contribution in [1.82, 2.24) is 4.57 Å². The summed E-state index contributed by atoms with van der Waals surface area (Å²) in [7, 11) is 1.68. The molecular formula is C21H26N3O2S2+. The number of nitrogens with one attached hydrogen (secondary N) is 1. The summed E-state index contributed by atoms with van der Waals surface area (Å²) in [6.45, 7) is 6.18. The molecule has 2 aromatic heterocycles. The molecule has 0 atom stereocenters. The van der Waals surface area contributed by atoms with E-state index in [4.69, 9.17) is 14.5 Å². The fourth-order valence-corrected chi connectivity index (χ4v) is 5.19. The van der Waals surface area contributed by atoms with Gasteiger partial charge in [0.05, 0.1) is 43.1 Å². The molecule has 28 heavy (non-hydrogen) atoms. The largest absolute Gasteiger partial charge is 0.497 e. The molecule has 1 aliphatic rings. The molecule has 0 aliphatic carbocycles. The van der Waals surface area contributed by atoms with Gasteiger partial charge >= 0.3 is 0 Å². The van der Waals surface area contributed by atoms with Crippen molar-refractivity contribution in [2.24, 2.45) is 4.99 Å². The average molecular weight is 417 g/mol. The van der Waals surface area contributed by atoms with Crippen LogP contribution in [0.2, 0.25) is 0 Å². The predicted molar refractivity (Wildman–Crippen MR) is 115 cm³/mol. The first kappa shape index (κ1) is 19.4. The first-order valence-corrected chi connectivity index (χ1v) is 11.4. The summed E-state index contributed by atoms with van der Waals surface area (Å²) in [4.78, 5) is 8.91. The highest BCUT2D eigenvalue weighted by Crippen LogP contribution is 2.26. The van der Waals surface area contributed by atoms with Crippen molar-refractivity contribution in [3.8, 4) is 16.3 Å². The molecule has 7 heteroatoms. The Morgan fingerprint density at radius 2 is 1.96 bits per heavy atom. The lowest BCUT2D eigenvalue weighted by atomic mass is 10.3. The Balaban J connectivity index is 1.57. The zero-order valence-corrected chi connectivity index (χ0v) is 17.7. The molecule has 3 heterocycles. The fourth-order valence-electron chi connectivity index (χ4n) is 3.42. The van der Waals surface area contributed by atoms with Gasteiger partial charge in [-0.05, 0) is 35.7 Å². The number of morpholine rings is 1.